The van der Waals surface area contributed by atoms with Crippen molar-refractivity contribution in [3.63, 3.8) is 0 Å². The maximum atomic E-state index is 14.3. The Morgan fingerprint density at radius 2 is 1.80 bits per heavy atom. The fraction of sp³-hybridized carbons (Fsp3) is 0.316. The van der Waals surface area contributed by atoms with Gasteiger partial charge < -0.3 is 10.5 Å². The van der Waals surface area contributed by atoms with E-state index < -0.39 is 23.3 Å². The molecule has 0 spiro atoms. The van der Waals surface area contributed by atoms with Gasteiger partial charge in [0.05, 0.1) is 0 Å². The number of hydrogen-bond acceptors (Lipinski definition) is 3. The summed E-state index contributed by atoms with van der Waals surface area (Å²) in [6.07, 6.45) is -0.170. The molecule has 0 unspecified atom stereocenters. The highest BCUT2D eigenvalue weighted by molar-refractivity contribution is 5.65. The number of carbonyl (C=O) groups excluding carboxylic acids is 1. The van der Waals surface area contributed by atoms with Gasteiger partial charge in [-0.25, -0.2) is 13.6 Å². The lowest BCUT2D eigenvalue weighted by molar-refractivity contribution is -0.0403. The van der Waals surface area contributed by atoms with Crippen LogP contribution in [0, 0.1) is 11.6 Å². The average Bonchev–Trinajstić information content (AvgIpc) is 2.57. The third-order valence-electron chi connectivity index (χ3n) is 4.63. The summed E-state index contributed by atoms with van der Waals surface area (Å²) >= 11 is 0. The first-order valence-electron chi connectivity index (χ1n) is 8.19. The number of ether oxygens (including phenoxy) is 1. The van der Waals surface area contributed by atoms with Gasteiger partial charge >= 0.3 is 6.09 Å². The van der Waals surface area contributed by atoms with Crippen LogP contribution >= 0.6 is 0 Å². The Balaban J connectivity index is 1.78. The summed E-state index contributed by atoms with van der Waals surface area (Å²) in [5, 5.41) is 0. The number of primary amides is 1. The van der Waals surface area contributed by atoms with Crippen LogP contribution in [-0.2, 0) is 16.9 Å². The van der Waals surface area contributed by atoms with Crippen molar-refractivity contribution in [2.75, 3.05) is 13.1 Å². The lowest BCUT2D eigenvalue weighted by atomic mass is 9.83. The molecular weight excluding hydrogens is 326 g/mol. The Bertz CT molecular complexity index is 744. The van der Waals surface area contributed by atoms with Crippen LogP contribution in [0.25, 0.3) is 0 Å². The first-order chi connectivity index (χ1) is 12.0. The molecule has 0 radical (unpaired) electrons. The molecule has 0 aromatic heterocycles. The summed E-state index contributed by atoms with van der Waals surface area (Å²) < 4.78 is 32.8. The molecule has 0 aliphatic carbocycles. The van der Waals surface area contributed by atoms with Crippen LogP contribution in [-0.4, -0.2) is 24.1 Å². The minimum atomic E-state index is -1.16. The summed E-state index contributed by atoms with van der Waals surface area (Å²) in [6.45, 7) is 1.98. The van der Waals surface area contributed by atoms with E-state index in [0.29, 0.717) is 25.9 Å². The monoisotopic (exact) mass is 346 g/mol. The smallest absolute Gasteiger partial charge is 0.405 e. The van der Waals surface area contributed by atoms with Crippen molar-refractivity contribution in [3.05, 3.63) is 71.3 Å². The largest absolute Gasteiger partial charge is 0.438 e. The fourth-order valence-corrected chi connectivity index (χ4v) is 3.39. The van der Waals surface area contributed by atoms with Gasteiger partial charge in [-0.15, -0.1) is 0 Å². The fourth-order valence-electron chi connectivity index (χ4n) is 3.39. The number of halogens is 2. The standard InChI is InChI=1S/C19H20F2N2O2/c20-15-6-7-16(17(21)12-15)19(25-18(22)24)8-10-23(11-9-19)13-14-4-2-1-3-5-14/h1-7,12H,8-11,13H2,(H2,22,24). The lowest BCUT2D eigenvalue weighted by Gasteiger charge is -2.41. The number of carbonyl (C=O) groups is 1. The van der Waals surface area contributed by atoms with Gasteiger partial charge in [0, 0.05) is 44.1 Å². The number of piperidine rings is 1. The van der Waals surface area contributed by atoms with E-state index in [2.05, 4.69) is 4.90 Å². The minimum absolute atomic E-state index is 0.173. The minimum Gasteiger partial charge on any atom is -0.438 e. The molecule has 4 nitrogen and oxygen atoms in total. The lowest BCUT2D eigenvalue weighted by Crippen LogP contribution is -2.46. The molecule has 1 fully saturated rings. The predicted molar refractivity (Wildman–Crippen MR) is 89.7 cm³/mol. The summed E-state index contributed by atoms with van der Waals surface area (Å²) in [6, 6.07) is 13.3. The summed E-state index contributed by atoms with van der Waals surface area (Å²) in [4.78, 5) is 13.6. The highest BCUT2D eigenvalue weighted by Gasteiger charge is 2.41. The van der Waals surface area contributed by atoms with Crippen molar-refractivity contribution in [1.29, 1.82) is 0 Å². The van der Waals surface area contributed by atoms with Gasteiger partial charge in [0.15, 0.2) is 0 Å². The molecule has 2 aromatic rings. The van der Waals surface area contributed by atoms with Crippen molar-refractivity contribution in [2.24, 2.45) is 5.73 Å². The molecule has 6 heteroatoms. The van der Waals surface area contributed by atoms with Crippen LogP contribution in [0.2, 0.25) is 0 Å². The molecule has 1 aliphatic rings. The second-order valence-electron chi connectivity index (χ2n) is 6.30. The Kier molecular flexibility index (Phi) is 4.99. The van der Waals surface area contributed by atoms with E-state index in [1.54, 1.807) is 0 Å². The molecule has 1 heterocycles. The molecule has 3 rings (SSSR count). The van der Waals surface area contributed by atoms with Crippen LogP contribution in [0.15, 0.2) is 48.5 Å². The van der Waals surface area contributed by atoms with Gasteiger partial charge in [-0.3, -0.25) is 4.90 Å². The summed E-state index contributed by atoms with van der Waals surface area (Å²) in [5.74, 6) is -1.39. The van der Waals surface area contributed by atoms with Crippen molar-refractivity contribution in [2.45, 2.75) is 25.0 Å². The Morgan fingerprint density at radius 1 is 1.12 bits per heavy atom. The van der Waals surface area contributed by atoms with Crippen molar-refractivity contribution in [1.82, 2.24) is 4.90 Å². The third kappa shape index (κ3) is 3.96. The van der Waals surface area contributed by atoms with Crippen LogP contribution in [0.3, 0.4) is 0 Å². The van der Waals surface area contributed by atoms with Gasteiger partial charge in [-0.2, -0.15) is 0 Å². The zero-order valence-electron chi connectivity index (χ0n) is 13.8. The quantitative estimate of drug-likeness (QED) is 0.921. The number of likely N-dealkylation sites (tertiary alicyclic amines) is 1. The van der Waals surface area contributed by atoms with E-state index in [-0.39, 0.29) is 5.56 Å². The number of rotatable bonds is 4. The Labute approximate surface area is 145 Å². The zero-order valence-corrected chi connectivity index (χ0v) is 13.8. The van der Waals surface area contributed by atoms with E-state index in [9.17, 15) is 13.6 Å². The van der Waals surface area contributed by atoms with E-state index in [4.69, 9.17) is 10.5 Å². The summed E-state index contributed by atoms with van der Waals surface area (Å²) in [7, 11) is 0. The highest BCUT2D eigenvalue weighted by atomic mass is 19.1. The second kappa shape index (κ2) is 7.19. The molecule has 0 saturated carbocycles. The van der Waals surface area contributed by atoms with Crippen molar-refractivity contribution in [3.8, 4) is 0 Å². The number of nitrogens with two attached hydrogens (primary N) is 1. The number of benzene rings is 2. The van der Waals surface area contributed by atoms with Gasteiger partial charge in [0.25, 0.3) is 0 Å². The first kappa shape index (κ1) is 17.4. The molecule has 132 valence electrons. The third-order valence-corrected chi connectivity index (χ3v) is 4.63. The zero-order chi connectivity index (χ0) is 17.9. The van der Waals surface area contributed by atoms with E-state index >= 15 is 0 Å². The number of nitrogens with zero attached hydrogens (tertiary/aromatic N) is 1. The van der Waals surface area contributed by atoms with Gasteiger partial charge in [-0.05, 0) is 17.7 Å². The van der Waals surface area contributed by atoms with Crippen LogP contribution in [0.4, 0.5) is 13.6 Å². The molecule has 2 aromatic carbocycles. The van der Waals surface area contributed by atoms with E-state index in [0.717, 1.165) is 12.6 Å². The van der Waals surface area contributed by atoms with Gasteiger partial charge in [0.1, 0.15) is 17.2 Å². The molecule has 2 N–H and O–H groups in total. The Hall–Kier alpha value is -2.47. The van der Waals surface area contributed by atoms with Gasteiger partial charge in [-0.1, -0.05) is 30.3 Å². The van der Waals surface area contributed by atoms with E-state index in [1.807, 2.05) is 30.3 Å². The summed E-state index contributed by atoms with van der Waals surface area (Å²) in [5.41, 5.74) is 5.41. The van der Waals surface area contributed by atoms with Gasteiger partial charge in [0.2, 0.25) is 0 Å². The maximum absolute atomic E-state index is 14.3. The van der Waals surface area contributed by atoms with Crippen LogP contribution in [0.5, 0.6) is 0 Å². The molecule has 0 bridgehead atoms. The SMILES string of the molecule is NC(=O)OC1(c2ccc(F)cc2F)CCN(Cc2ccccc2)CC1. The normalized spacial score (nSPS) is 17.2. The molecule has 1 amide bonds. The van der Waals surface area contributed by atoms with Crippen LogP contribution < -0.4 is 5.73 Å². The number of amides is 1. The van der Waals surface area contributed by atoms with Crippen LogP contribution in [0.1, 0.15) is 24.0 Å². The van der Waals surface area contributed by atoms with E-state index in [1.165, 1.54) is 17.7 Å². The topological polar surface area (TPSA) is 55.6 Å². The average molecular weight is 346 g/mol. The first-order valence-corrected chi connectivity index (χ1v) is 8.19. The molecule has 0 atom stereocenters. The van der Waals surface area contributed by atoms with Crippen molar-refractivity contribution >= 4 is 6.09 Å². The predicted octanol–water partition coefficient (Wildman–Crippen LogP) is 3.55. The molecular formula is C19H20F2N2O2. The molecule has 25 heavy (non-hydrogen) atoms. The maximum Gasteiger partial charge on any atom is 0.405 e. The number of hydrogen-bond donors (Lipinski definition) is 1. The van der Waals surface area contributed by atoms with Crippen molar-refractivity contribution < 1.29 is 18.3 Å². The highest BCUT2D eigenvalue weighted by Crippen LogP contribution is 2.38. The molecule has 1 saturated heterocycles. The second-order valence-corrected chi connectivity index (χ2v) is 6.30. The molecule has 1 aliphatic heterocycles. The Morgan fingerprint density at radius 3 is 2.40 bits per heavy atom.